The Labute approximate surface area is 169 Å². The van der Waals surface area contributed by atoms with Crippen molar-refractivity contribution >= 4 is 45.6 Å². The van der Waals surface area contributed by atoms with Crippen molar-refractivity contribution in [2.24, 2.45) is 17.8 Å². The van der Waals surface area contributed by atoms with Gasteiger partial charge in [0.2, 0.25) is 0 Å². The van der Waals surface area contributed by atoms with Crippen LogP contribution in [0.4, 0.5) is 5.00 Å². The summed E-state index contributed by atoms with van der Waals surface area (Å²) in [5.74, 6) is 1.31. The van der Waals surface area contributed by atoms with Gasteiger partial charge in [-0.3, -0.25) is 0 Å². The number of fused-ring (bicyclic) bond motifs is 2. The Kier molecular flexibility index (Phi) is 6.05. The van der Waals surface area contributed by atoms with E-state index in [2.05, 4.69) is 17.6 Å². The van der Waals surface area contributed by atoms with Crippen LogP contribution in [0.1, 0.15) is 58.2 Å². The number of carbonyl (C=O) groups is 2. The number of methoxy groups -OCH3 is 2. The maximum Gasteiger partial charge on any atom is 0.348 e. The standard InChI is InChI=1S/C19H26N2O4S2/c1-9-14(17(22)24-3)16(27-15(9)18(23)25-4)21-19(26)20-10(2)13-8-11-5-6-12(13)7-11/h10-13H,5-8H2,1-4H3,(H2,20,21,26). The number of hydrogen-bond acceptors (Lipinski definition) is 6. The predicted molar refractivity (Wildman–Crippen MR) is 109 cm³/mol. The maximum absolute atomic E-state index is 12.2. The Morgan fingerprint density at radius 1 is 1.19 bits per heavy atom. The van der Waals surface area contributed by atoms with Crippen molar-refractivity contribution < 1.29 is 19.1 Å². The molecular formula is C19H26N2O4S2. The van der Waals surface area contributed by atoms with Crippen LogP contribution in [0.15, 0.2) is 0 Å². The van der Waals surface area contributed by atoms with E-state index in [0.29, 0.717) is 32.0 Å². The molecule has 2 saturated carbocycles. The molecule has 4 atom stereocenters. The average molecular weight is 411 g/mol. The van der Waals surface area contributed by atoms with Gasteiger partial charge in [0, 0.05) is 6.04 Å². The van der Waals surface area contributed by atoms with E-state index in [0.717, 1.165) is 23.2 Å². The van der Waals surface area contributed by atoms with Crippen LogP contribution in [-0.4, -0.2) is 37.3 Å². The molecule has 1 aromatic heterocycles. The monoisotopic (exact) mass is 410 g/mol. The lowest BCUT2D eigenvalue weighted by molar-refractivity contribution is 0.0601. The first-order valence-electron chi connectivity index (χ1n) is 9.23. The molecule has 8 heteroatoms. The summed E-state index contributed by atoms with van der Waals surface area (Å²) in [6.07, 6.45) is 5.29. The van der Waals surface area contributed by atoms with Gasteiger partial charge in [-0.15, -0.1) is 11.3 Å². The van der Waals surface area contributed by atoms with Crippen molar-refractivity contribution in [1.29, 1.82) is 0 Å². The highest BCUT2D eigenvalue weighted by Crippen LogP contribution is 2.49. The first kappa shape index (κ1) is 20.1. The zero-order chi connectivity index (χ0) is 19.7. The molecule has 3 rings (SSSR count). The SMILES string of the molecule is COC(=O)c1sc(NC(=S)NC(C)C2CC3CCC2C3)c(C(=O)OC)c1C. The fourth-order valence-corrected chi connectivity index (χ4v) is 6.07. The van der Waals surface area contributed by atoms with Crippen LogP contribution in [-0.2, 0) is 9.47 Å². The van der Waals surface area contributed by atoms with Crippen LogP contribution in [0.2, 0.25) is 0 Å². The molecule has 2 aliphatic rings. The number of anilines is 1. The number of rotatable bonds is 5. The molecule has 2 aliphatic carbocycles. The summed E-state index contributed by atoms with van der Waals surface area (Å²) in [6, 6.07) is 0.267. The predicted octanol–water partition coefficient (Wildman–Crippen LogP) is 3.74. The maximum atomic E-state index is 12.2. The zero-order valence-corrected chi connectivity index (χ0v) is 17.7. The molecule has 0 radical (unpaired) electrons. The molecule has 6 nitrogen and oxygen atoms in total. The van der Waals surface area contributed by atoms with Gasteiger partial charge in [0.05, 0.1) is 19.8 Å². The molecule has 0 spiro atoms. The van der Waals surface area contributed by atoms with Gasteiger partial charge in [0.25, 0.3) is 0 Å². The second-order valence-corrected chi connectivity index (χ2v) is 8.90. The number of thiocarbonyl (C=S) groups is 1. The minimum atomic E-state index is -0.509. The van der Waals surface area contributed by atoms with Crippen molar-refractivity contribution in [3.8, 4) is 0 Å². The van der Waals surface area contributed by atoms with Crippen LogP contribution >= 0.6 is 23.6 Å². The minimum absolute atomic E-state index is 0.267. The lowest BCUT2D eigenvalue weighted by Crippen LogP contribution is -2.42. The molecule has 0 aromatic carbocycles. The van der Waals surface area contributed by atoms with Gasteiger partial charge in [-0.05, 0) is 68.6 Å². The molecule has 0 amide bonds. The van der Waals surface area contributed by atoms with Crippen molar-refractivity contribution in [2.75, 3.05) is 19.5 Å². The third kappa shape index (κ3) is 3.96. The number of thiophene rings is 1. The van der Waals surface area contributed by atoms with Crippen molar-refractivity contribution in [2.45, 2.75) is 45.6 Å². The van der Waals surface area contributed by atoms with Gasteiger partial charge in [-0.2, -0.15) is 0 Å². The minimum Gasteiger partial charge on any atom is -0.465 e. The molecular weight excluding hydrogens is 384 g/mol. The van der Waals surface area contributed by atoms with Crippen LogP contribution in [0.3, 0.4) is 0 Å². The number of esters is 2. The number of ether oxygens (including phenoxy) is 2. The van der Waals surface area contributed by atoms with E-state index in [1.54, 1.807) is 6.92 Å². The molecule has 27 heavy (non-hydrogen) atoms. The van der Waals surface area contributed by atoms with Gasteiger partial charge in [-0.25, -0.2) is 9.59 Å². The fourth-order valence-electron chi connectivity index (χ4n) is 4.60. The number of carbonyl (C=O) groups excluding carboxylic acids is 2. The highest BCUT2D eigenvalue weighted by atomic mass is 32.1. The molecule has 2 N–H and O–H groups in total. The molecule has 1 aromatic rings. The smallest absolute Gasteiger partial charge is 0.348 e. The van der Waals surface area contributed by atoms with E-state index >= 15 is 0 Å². The summed E-state index contributed by atoms with van der Waals surface area (Å²) >= 11 is 6.63. The summed E-state index contributed by atoms with van der Waals surface area (Å²) in [5, 5.41) is 7.41. The van der Waals surface area contributed by atoms with Gasteiger partial charge in [0.15, 0.2) is 5.11 Å². The summed E-state index contributed by atoms with van der Waals surface area (Å²) in [6.45, 7) is 3.87. The lowest BCUT2D eigenvalue weighted by Gasteiger charge is -2.29. The van der Waals surface area contributed by atoms with Crippen LogP contribution < -0.4 is 10.6 Å². The van der Waals surface area contributed by atoms with Crippen molar-refractivity contribution in [3.05, 3.63) is 16.0 Å². The first-order chi connectivity index (χ1) is 12.8. The molecule has 0 aliphatic heterocycles. The lowest BCUT2D eigenvalue weighted by atomic mass is 9.84. The highest BCUT2D eigenvalue weighted by Gasteiger charge is 2.42. The van der Waals surface area contributed by atoms with E-state index in [-0.39, 0.29) is 6.04 Å². The van der Waals surface area contributed by atoms with Gasteiger partial charge < -0.3 is 20.1 Å². The normalized spacial score (nSPS) is 24.4. The third-order valence-corrected chi connectivity index (χ3v) is 7.34. The van der Waals surface area contributed by atoms with E-state index in [1.165, 1.54) is 39.9 Å². The van der Waals surface area contributed by atoms with Crippen molar-refractivity contribution in [1.82, 2.24) is 5.32 Å². The quantitative estimate of drug-likeness (QED) is 0.566. The van der Waals surface area contributed by atoms with Gasteiger partial charge in [0.1, 0.15) is 9.88 Å². The van der Waals surface area contributed by atoms with Crippen LogP contribution in [0.25, 0.3) is 0 Å². The molecule has 148 valence electrons. The van der Waals surface area contributed by atoms with Gasteiger partial charge >= 0.3 is 11.9 Å². The summed E-state index contributed by atoms with van der Waals surface area (Å²) in [4.78, 5) is 24.6. The summed E-state index contributed by atoms with van der Waals surface area (Å²) < 4.78 is 9.68. The molecule has 0 saturated heterocycles. The molecule has 2 fully saturated rings. The first-order valence-corrected chi connectivity index (χ1v) is 10.5. The molecule has 1 heterocycles. The Morgan fingerprint density at radius 2 is 1.89 bits per heavy atom. The van der Waals surface area contributed by atoms with Crippen molar-refractivity contribution in [3.63, 3.8) is 0 Å². The number of hydrogen-bond donors (Lipinski definition) is 2. The summed E-state index contributed by atoms with van der Waals surface area (Å²) in [5.41, 5.74) is 0.852. The van der Waals surface area contributed by atoms with Gasteiger partial charge in [-0.1, -0.05) is 6.42 Å². The Morgan fingerprint density at radius 3 is 2.44 bits per heavy atom. The second-order valence-electron chi connectivity index (χ2n) is 7.47. The molecule has 4 unspecified atom stereocenters. The zero-order valence-electron chi connectivity index (χ0n) is 16.1. The van der Waals surface area contributed by atoms with Crippen LogP contribution in [0.5, 0.6) is 0 Å². The Bertz CT molecular complexity index is 761. The second kappa shape index (κ2) is 8.14. The van der Waals surface area contributed by atoms with E-state index in [4.69, 9.17) is 21.7 Å². The van der Waals surface area contributed by atoms with E-state index in [1.807, 2.05) is 0 Å². The average Bonchev–Trinajstić information content (AvgIpc) is 3.35. The Hall–Kier alpha value is -1.67. The third-order valence-electron chi connectivity index (χ3n) is 5.93. The van der Waals surface area contributed by atoms with Crippen LogP contribution in [0, 0.1) is 24.7 Å². The van der Waals surface area contributed by atoms with E-state index in [9.17, 15) is 9.59 Å². The topological polar surface area (TPSA) is 76.7 Å². The highest BCUT2D eigenvalue weighted by molar-refractivity contribution is 7.80. The van der Waals surface area contributed by atoms with E-state index < -0.39 is 11.9 Å². The Balaban J connectivity index is 1.72. The largest absolute Gasteiger partial charge is 0.465 e. The fraction of sp³-hybridized carbons (Fsp3) is 0.632. The molecule has 2 bridgehead atoms. The summed E-state index contributed by atoms with van der Waals surface area (Å²) in [7, 11) is 2.63. The number of nitrogens with one attached hydrogen (secondary N) is 2.